The first-order valence-electron chi connectivity index (χ1n) is 7.83. The Morgan fingerprint density at radius 2 is 1.86 bits per heavy atom. The van der Waals surface area contributed by atoms with Crippen LogP contribution >= 0.6 is 0 Å². The van der Waals surface area contributed by atoms with Crippen LogP contribution in [0.15, 0.2) is 60.7 Å². The van der Waals surface area contributed by atoms with E-state index in [9.17, 15) is 5.11 Å². The van der Waals surface area contributed by atoms with Crippen LogP contribution in [0.5, 0.6) is 5.75 Å². The third-order valence-corrected chi connectivity index (χ3v) is 4.42. The fourth-order valence-electron chi connectivity index (χ4n) is 3.13. The Morgan fingerprint density at radius 1 is 1.00 bits per heavy atom. The van der Waals surface area contributed by atoms with E-state index < -0.39 is 0 Å². The molecule has 1 aliphatic carbocycles. The molecule has 1 aliphatic rings. The summed E-state index contributed by atoms with van der Waals surface area (Å²) in [6.07, 6.45) is 8.37. The summed E-state index contributed by atoms with van der Waals surface area (Å²) >= 11 is 0. The molecule has 0 saturated carbocycles. The zero-order chi connectivity index (χ0) is 14.5. The lowest BCUT2D eigenvalue weighted by Gasteiger charge is -2.22. The molecule has 0 amide bonds. The third kappa shape index (κ3) is 3.75. The lowest BCUT2D eigenvalue weighted by molar-refractivity contribution is 0.450. The Hall–Kier alpha value is -2.02. The molecule has 2 aromatic rings. The van der Waals surface area contributed by atoms with Gasteiger partial charge < -0.3 is 5.11 Å². The fraction of sp³-hybridized carbons (Fsp3) is 0.300. The molecule has 3 rings (SSSR count). The maximum atomic E-state index is 9.58. The van der Waals surface area contributed by atoms with Gasteiger partial charge in [-0.3, -0.25) is 0 Å². The summed E-state index contributed by atoms with van der Waals surface area (Å²) in [5.41, 5.74) is 4.01. The number of aromatic hydroxyl groups is 1. The van der Waals surface area contributed by atoms with E-state index in [-0.39, 0.29) is 0 Å². The predicted molar refractivity (Wildman–Crippen MR) is 88.2 cm³/mol. The van der Waals surface area contributed by atoms with Crippen molar-refractivity contribution in [2.24, 2.45) is 5.92 Å². The minimum atomic E-state index is 0.361. The Morgan fingerprint density at radius 3 is 2.57 bits per heavy atom. The van der Waals surface area contributed by atoms with Gasteiger partial charge in [-0.2, -0.15) is 0 Å². The van der Waals surface area contributed by atoms with E-state index in [0.717, 1.165) is 18.8 Å². The number of phenolic OH excluding ortho intramolecular Hbond substituents is 1. The van der Waals surface area contributed by atoms with Gasteiger partial charge in [0.1, 0.15) is 5.75 Å². The summed E-state index contributed by atoms with van der Waals surface area (Å²) in [6.45, 7) is 0. The molecule has 0 fully saturated rings. The first-order chi connectivity index (χ1) is 10.3. The molecule has 1 atom stereocenters. The van der Waals surface area contributed by atoms with Crippen LogP contribution in [-0.2, 0) is 6.42 Å². The summed E-state index contributed by atoms with van der Waals surface area (Å²) in [5, 5.41) is 9.58. The van der Waals surface area contributed by atoms with E-state index >= 15 is 0 Å². The van der Waals surface area contributed by atoms with Crippen LogP contribution in [0.4, 0.5) is 0 Å². The maximum Gasteiger partial charge on any atom is 0.116 e. The second-order valence-electron chi connectivity index (χ2n) is 5.94. The molecular weight excluding hydrogens is 256 g/mol. The number of benzene rings is 2. The highest BCUT2D eigenvalue weighted by Gasteiger charge is 2.15. The number of phenols is 1. The Labute approximate surface area is 127 Å². The van der Waals surface area contributed by atoms with Crippen molar-refractivity contribution in [2.75, 3.05) is 0 Å². The van der Waals surface area contributed by atoms with E-state index in [1.165, 1.54) is 36.0 Å². The van der Waals surface area contributed by atoms with Crippen LogP contribution in [0, 0.1) is 5.92 Å². The van der Waals surface area contributed by atoms with Crippen LogP contribution in [0.3, 0.4) is 0 Å². The highest BCUT2D eigenvalue weighted by molar-refractivity contribution is 5.67. The molecule has 1 nitrogen and oxygen atoms in total. The van der Waals surface area contributed by atoms with Gasteiger partial charge in [-0.25, -0.2) is 0 Å². The van der Waals surface area contributed by atoms with Crippen LogP contribution < -0.4 is 0 Å². The minimum absolute atomic E-state index is 0.361. The predicted octanol–water partition coefficient (Wildman–Crippen LogP) is 5.21. The number of aryl methyl sites for hydroxylation is 1. The quantitative estimate of drug-likeness (QED) is 0.814. The molecule has 0 heterocycles. The summed E-state index contributed by atoms with van der Waals surface area (Å²) in [4.78, 5) is 0. The molecule has 1 N–H and O–H groups in total. The highest BCUT2D eigenvalue weighted by Crippen LogP contribution is 2.33. The Balaban J connectivity index is 1.57. The summed E-state index contributed by atoms with van der Waals surface area (Å²) in [6, 6.07) is 18.4. The molecular formula is C20H22O. The van der Waals surface area contributed by atoms with Crippen molar-refractivity contribution < 1.29 is 5.11 Å². The second-order valence-corrected chi connectivity index (χ2v) is 5.94. The molecule has 1 unspecified atom stereocenters. The number of hydrogen-bond acceptors (Lipinski definition) is 1. The molecule has 0 spiro atoms. The molecule has 0 saturated heterocycles. The van der Waals surface area contributed by atoms with Crippen LogP contribution in [0.2, 0.25) is 0 Å². The summed E-state index contributed by atoms with van der Waals surface area (Å²) in [5.74, 6) is 1.16. The maximum absolute atomic E-state index is 9.58. The van der Waals surface area contributed by atoms with Crippen LogP contribution in [-0.4, -0.2) is 5.11 Å². The van der Waals surface area contributed by atoms with Gasteiger partial charge in [-0.1, -0.05) is 48.5 Å². The van der Waals surface area contributed by atoms with Gasteiger partial charge in [0.2, 0.25) is 0 Å². The third-order valence-electron chi connectivity index (χ3n) is 4.42. The molecule has 2 aromatic carbocycles. The minimum Gasteiger partial charge on any atom is -0.508 e. The smallest absolute Gasteiger partial charge is 0.116 e. The molecule has 21 heavy (non-hydrogen) atoms. The Kier molecular flexibility index (Phi) is 4.40. The molecule has 108 valence electrons. The number of allylic oxidation sites excluding steroid dienone is 2. The molecule has 0 radical (unpaired) electrons. The standard InChI is InChI=1S/C20H22O/c21-20-8-4-7-19(15-20)18-13-11-17(12-14-18)10-9-16-5-2-1-3-6-16/h1-8,13,15,17,21H,9-12,14H2. The molecule has 0 aliphatic heterocycles. The first-order valence-corrected chi connectivity index (χ1v) is 7.83. The van der Waals surface area contributed by atoms with Gasteiger partial charge in [0.05, 0.1) is 0 Å². The Bertz CT molecular complexity index is 613. The van der Waals surface area contributed by atoms with Crippen molar-refractivity contribution in [1.82, 2.24) is 0 Å². The fourth-order valence-corrected chi connectivity index (χ4v) is 3.13. The monoisotopic (exact) mass is 278 g/mol. The average molecular weight is 278 g/mol. The molecule has 0 bridgehead atoms. The van der Waals surface area contributed by atoms with Crippen molar-refractivity contribution >= 4 is 5.57 Å². The van der Waals surface area contributed by atoms with Gasteiger partial charge >= 0.3 is 0 Å². The first kappa shape index (κ1) is 13.9. The van der Waals surface area contributed by atoms with Gasteiger partial charge in [0, 0.05) is 0 Å². The topological polar surface area (TPSA) is 20.2 Å². The highest BCUT2D eigenvalue weighted by atomic mass is 16.3. The SMILES string of the molecule is Oc1cccc(C2=CCC(CCc3ccccc3)CC2)c1. The van der Waals surface area contributed by atoms with E-state index in [1.54, 1.807) is 6.07 Å². The lowest BCUT2D eigenvalue weighted by Crippen LogP contribution is -2.06. The largest absolute Gasteiger partial charge is 0.508 e. The van der Waals surface area contributed by atoms with E-state index in [1.807, 2.05) is 12.1 Å². The summed E-state index contributed by atoms with van der Waals surface area (Å²) < 4.78 is 0. The average Bonchev–Trinajstić information content (AvgIpc) is 2.54. The zero-order valence-corrected chi connectivity index (χ0v) is 12.3. The normalized spacial score (nSPS) is 18.3. The van der Waals surface area contributed by atoms with E-state index in [0.29, 0.717) is 5.75 Å². The van der Waals surface area contributed by atoms with E-state index in [2.05, 4.69) is 42.5 Å². The van der Waals surface area contributed by atoms with Crippen molar-refractivity contribution in [3.8, 4) is 5.75 Å². The lowest BCUT2D eigenvalue weighted by atomic mass is 9.83. The zero-order valence-electron chi connectivity index (χ0n) is 12.3. The van der Waals surface area contributed by atoms with Crippen molar-refractivity contribution in [2.45, 2.75) is 32.1 Å². The van der Waals surface area contributed by atoms with E-state index in [4.69, 9.17) is 0 Å². The second kappa shape index (κ2) is 6.62. The van der Waals surface area contributed by atoms with Crippen LogP contribution in [0.25, 0.3) is 5.57 Å². The van der Waals surface area contributed by atoms with Gasteiger partial charge in [-0.15, -0.1) is 0 Å². The van der Waals surface area contributed by atoms with Gasteiger partial charge in [0.25, 0.3) is 0 Å². The van der Waals surface area contributed by atoms with Gasteiger partial charge in [-0.05, 0) is 66.9 Å². The van der Waals surface area contributed by atoms with Gasteiger partial charge in [0.15, 0.2) is 0 Å². The molecule has 0 aromatic heterocycles. The van der Waals surface area contributed by atoms with Crippen molar-refractivity contribution in [3.05, 3.63) is 71.8 Å². The number of rotatable bonds is 4. The molecule has 1 heteroatoms. The van der Waals surface area contributed by atoms with Crippen LogP contribution in [0.1, 0.15) is 36.8 Å². The van der Waals surface area contributed by atoms with Crippen molar-refractivity contribution in [1.29, 1.82) is 0 Å². The number of hydrogen-bond donors (Lipinski definition) is 1. The van der Waals surface area contributed by atoms with Crippen molar-refractivity contribution in [3.63, 3.8) is 0 Å². The summed E-state index contributed by atoms with van der Waals surface area (Å²) in [7, 11) is 0.